The lowest BCUT2D eigenvalue weighted by Crippen LogP contribution is -2.17. The smallest absolute Gasteiger partial charge is 0.252 e. The van der Waals surface area contributed by atoms with Gasteiger partial charge in [0, 0.05) is 11.6 Å². The molecular formula is C10H13Cl2NO. The second kappa shape index (κ2) is 6.02. The van der Waals surface area contributed by atoms with E-state index < -0.39 is 5.24 Å². The molecule has 0 spiro atoms. The Bertz CT molecular complexity index is 295. The highest BCUT2D eigenvalue weighted by Crippen LogP contribution is 2.08. The first-order chi connectivity index (χ1) is 6.09. The largest absolute Gasteiger partial charge is 0.328 e. The highest BCUT2D eigenvalue weighted by molar-refractivity contribution is 6.67. The van der Waals surface area contributed by atoms with Gasteiger partial charge in [-0.2, -0.15) is 0 Å². The van der Waals surface area contributed by atoms with E-state index in [-0.39, 0.29) is 18.4 Å². The van der Waals surface area contributed by atoms with Gasteiger partial charge in [0.05, 0.1) is 0 Å². The molecule has 0 saturated carbocycles. The van der Waals surface area contributed by atoms with Crippen LogP contribution in [0, 0.1) is 0 Å². The van der Waals surface area contributed by atoms with Gasteiger partial charge in [-0.15, -0.1) is 12.4 Å². The molecule has 1 aromatic carbocycles. The monoisotopic (exact) mass is 233 g/mol. The van der Waals surface area contributed by atoms with Crippen LogP contribution in [0.25, 0.3) is 0 Å². The summed E-state index contributed by atoms with van der Waals surface area (Å²) in [5.41, 5.74) is 7.27. The van der Waals surface area contributed by atoms with Crippen molar-refractivity contribution in [2.75, 3.05) is 0 Å². The van der Waals surface area contributed by atoms with E-state index in [2.05, 4.69) is 0 Å². The second-order valence-corrected chi connectivity index (χ2v) is 3.50. The summed E-state index contributed by atoms with van der Waals surface area (Å²) in [5.74, 6) is 0. The Morgan fingerprint density at radius 2 is 1.93 bits per heavy atom. The summed E-state index contributed by atoms with van der Waals surface area (Å²) >= 11 is 5.30. The maximum atomic E-state index is 10.7. The molecule has 0 saturated heterocycles. The number of benzene rings is 1. The molecule has 4 heteroatoms. The number of hydrogen-bond acceptors (Lipinski definition) is 2. The highest BCUT2D eigenvalue weighted by atomic mass is 35.5. The number of carbonyl (C=O) groups excluding carboxylic acids is 1. The third kappa shape index (κ3) is 4.09. The molecule has 1 rings (SSSR count). The van der Waals surface area contributed by atoms with E-state index in [1.807, 2.05) is 19.1 Å². The van der Waals surface area contributed by atoms with Gasteiger partial charge < -0.3 is 5.73 Å². The maximum Gasteiger partial charge on any atom is 0.252 e. The molecule has 0 aliphatic rings. The van der Waals surface area contributed by atoms with Crippen molar-refractivity contribution in [1.82, 2.24) is 0 Å². The molecule has 0 bridgehead atoms. The molecule has 0 heterocycles. The average molecular weight is 234 g/mol. The van der Waals surface area contributed by atoms with Crippen LogP contribution in [0.15, 0.2) is 24.3 Å². The zero-order chi connectivity index (χ0) is 9.84. The minimum atomic E-state index is -0.424. The van der Waals surface area contributed by atoms with Crippen molar-refractivity contribution in [3.8, 4) is 0 Å². The molecule has 0 aromatic heterocycles. The molecular weight excluding hydrogens is 221 g/mol. The first kappa shape index (κ1) is 13.4. The van der Waals surface area contributed by atoms with Gasteiger partial charge in [-0.1, -0.05) is 12.1 Å². The molecule has 2 N–H and O–H groups in total. The van der Waals surface area contributed by atoms with Crippen LogP contribution in [-0.4, -0.2) is 11.3 Å². The fourth-order valence-electron chi connectivity index (χ4n) is 1.14. The Labute approximate surface area is 94.8 Å². The van der Waals surface area contributed by atoms with Crippen molar-refractivity contribution < 1.29 is 4.79 Å². The topological polar surface area (TPSA) is 43.1 Å². The zero-order valence-electron chi connectivity index (χ0n) is 7.87. The lowest BCUT2D eigenvalue weighted by Gasteiger charge is -2.04. The predicted molar refractivity (Wildman–Crippen MR) is 61.2 cm³/mol. The van der Waals surface area contributed by atoms with E-state index >= 15 is 0 Å². The standard InChI is InChI=1S/C10H12ClNO.ClH/c1-7(12)6-8-2-4-9(5-3-8)10(11)13;/h2-5,7H,6,12H2,1H3;1H. The van der Waals surface area contributed by atoms with Crippen LogP contribution in [-0.2, 0) is 6.42 Å². The summed E-state index contributed by atoms with van der Waals surface area (Å²) < 4.78 is 0. The number of rotatable bonds is 3. The fraction of sp³-hybridized carbons (Fsp3) is 0.300. The van der Waals surface area contributed by atoms with Crippen LogP contribution >= 0.6 is 24.0 Å². The van der Waals surface area contributed by atoms with Gasteiger partial charge >= 0.3 is 0 Å². The van der Waals surface area contributed by atoms with Crippen molar-refractivity contribution in [1.29, 1.82) is 0 Å². The van der Waals surface area contributed by atoms with Crippen LogP contribution in [0.4, 0.5) is 0 Å². The SMILES string of the molecule is CC(N)Cc1ccc(C(=O)Cl)cc1.Cl. The lowest BCUT2D eigenvalue weighted by atomic mass is 10.1. The van der Waals surface area contributed by atoms with E-state index in [0.29, 0.717) is 5.56 Å². The third-order valence-corrected chi connectivity index (χ3v) is 1.96. The normalized spacial score (nSPS) is 11.6. The molecule has 14 heavy (non-hydrogen) atoms. The number of nitrogens with two attached hydrogens (primary N) is 1. The van der Waals surface area contributed by atoms with Gasteiger partial charge in [-0.3, -0.25) is 4.79 Å². The minimum absolute atomic E-state index is 0. The summed E-state index contributed by atoms with van der Waals surface area (Å²) in [5, 5.41) is -0.424. The number of hydrogen-bond donors (Lipinski definition) is 1. The molecule has 0 fully saturated rings. The molecule has 1 atom stereocenters. The molecule has 0 amide bonds. The Kier molecular flexibility index (Phi) is 5.77. The first-order valence-electron chi connectivity index (χ1n) is 4.14. The summed E-state index contributed by atoms with van der Waals surface area (Å²) in [6.07, 6.45) is 0.816. The average Bonchev–Trinajstić information content (AvgIpc) is 2.04. The van der Waals surface area contributed by atoms with E-state index in [1.165, 1.54) is 0 Å². The van der Waals surface area contributed by atoms with Gasteiger partial charge in [0.2, 0.25) is 0 Å². The lowest BCUT2D eigenvalue weighted by molar-refractivity contribution is 0.108. The molecule has 78 valence electrons. The Balaban J connectivity index is 0.00000169. The van der Waals surface area contributed by atoms with Crippen LogP contribution in [0.1, 0.15) is 22.8 Å². The van der Waals surface area contributed by atoms with Gasteiger partial charge in [-0.05, 0) is 42.6 Å². The second-order valence-electron chi connectivity index (χ2n) is 3.15. The summed E-state index contributed by atoms with van der Waals surface area (Å²) in [6.45, 7) is 1.95. The fourth-order valence-corrected chi connectivity index (χ4v) is 1.27. The Morgan fingerprint density at radius 3 is 2.29 bits per heavy atom. The highest BCUT2D eigenvalue weighted by Gasteiger charge is 2.01. The molecule has 0 radical (unpaired) electrons. The van der Waals surface area contributed by atoms with Gasteiger partial charge in [0.1, 0.15) is 0 Å². The van der Waals surface area contributed by atoms with Gasteiger partial charge in [0.15, 0.2) is 0 Å². The summed E-state index contributed by atoms with van der Waals surface area (Å²) in [4.78, 5) is 10.7. The van der Waals surface area contributed by atoms with E-state index in [4.69, 9.17) is 17.3 Å². The molecule has 0 aliphatic carbocycles. The number of halogens is 2. The van der Waals surface area contributed by atoms with Crippen molar-refractivity contribution in [3.05, 3.63) is 35.4 Å². The van der Waals surface area contributed by atoms with Crippen LogP contribution in [0.5, 0.6) is 0 Å². The van der Waals surface area contributed by atoms with Gasteiger partial charge in [0.25, 0.3) is 5.24 Å². The summed E-state index contributed by atoms with van der Waals surface area (Å²) in [6, 6.07) is 7.32. The van der Waals surface area contributed by atoms with Crippen LogP contribution < -0.4 is 5.73 Å². The van der Waals surface area contributed by atoms with E-state index in [0.717, 1.165) is 12.0 Å². The van der Waals surface area contributed by atoms with Crippen molar-refractivity contribution in [3.63, 3.8) is 0 Å². The predicted octanol–water partition coefficient (Wildman–Crippen LogP) is 2.38. The zero-order valence-corrected chi connectivity index (χ0v) is 9.44. The Morgan fingerprint density at radius 1 is 1.43 bits per heavy atom. The van der Waals surface area contributed by atoms with Gasteiger partial charge in [-0.25, -0.2) is 0 Å². The van der Waals surface area contributed by atoms with E-state index in [9.17, 15) is 4.79 Å². The van der Waals surface area contributed by atoms with Crippen molar-refractivity contribution in [2.45, 2.75) is 19.4 Å². The number of carbonyl (C=O) groups is 1. The molecule has 2 nitrogen and oxygen atoms in total. The summed E-state index contributed by atoms with van der Waals surface area (Å²) in [7, 11) is 0. The molecule has 1 aromatic rings. The first-order valence-corrected chi connectivity index (χ1v) is 4.51. The van der Waals surface area contributed by atoms with Crippen LogP contribution in [0.3, 0.4) is 0 Å². The molecule has 0 aliphatic heterocycles. The van der Waals surface area contributed by atoms with Crippen molar-refractivity contribution >= 4 is 29.3 Å². The maximum absolute atomic E-state index is 10.7. The quantitative estimate of drug-likeness (QED) is 0.816. The third-order valence-electron chi connectivity index (χ3n) is 1.74. The minimum Gasteiger partial charge on any atom is -0.328 e. The van der Waals surface area contributed by atoms with E-state index in [1.54, 1.807) is 12.1 Å². The van der Waals surface area contributed by atoms with Crippen LogP contribution in [0.2, 0.25) is 0 Å². The Hall–Kier alpha value is -0.570. The molecule has 1 unspecified atom stereocenters. The van der Waals surface area contributed by atoms with Crippen molar-refractivity contribution in [2.24, 2.45) is 5.73 Å².